The van der Waals surface area contributed by atoms with Crippen molar-refractivity contribution in [1.82, 2.24) is 14.8 Å². The second-order valence-corrected chi connectivity index (χ2v) is 14.3. The first-order valence-electron chi connectivity index (χ1n) is 17.4. The van der Waals surface area contributed by atoms with Crippen LogP contribution in [0.2, 0.25) is 0 Å². The highest BCUT2D eigenvalue weighted by molar-refractivity contribution is 5.97. The summed E-state index contributed by atoms with van der Waals surface area (Å²) < 4.78 is 5.94. The van der Waals surface area contributed by atoms with Crippen molar-refractivity contribution in [2.75, 3.05) is 51.3 Å². The van der Waals surface area contributed by atoms with Gasteiger partial charge in [0.1, 0.15) is 18.0 Å². The summed E-state index contributed by atoms with van der Waals surface area (Å²) >= 11 is 0. The van der Waals surface area contributed by atoms with Crippen molar-refractivity contribution in [2.45, 2.75) is 70.8 Å². The van der Waals surface area contributed by atoms with Gasteiger partial charge in [-0.05, 0) is 104 Å². The Bertz CT molecular complexity index is 1620. The van der Waals surface area contributed by atoms with E-state index in [2.05, 4.69) is 28.9 Å². The summed E-state index contributed by atoms with van der Waals surface area (Å²) in [4.78, 5) is 37.5. The minimum absolute atomic E-state index is 0.0218. The first-order chi connectivity index (χ1) is 22.3. The fraction of sp³-hybridized carbons (Fsp3) is 0.553. The number of amides is 2. The molecule has 2 heterocycles. The van der Waals surface area contributed by atoms with Gasteiger partial charge in [0, 0.05) is 38.1 Å². The van der Waals surface area contributed by atoms with E-state index in [9.17, 15) is 14.7 Å². The molecule has 5 unspecified atom stereocenters. The molecule has 0 bridgehead atoms. The molecule has 2 aromatic carbocycles. The molecule has 244 valence electrons. The van der Waals surface area contributed by atoms with E-state index in [1.165, 1.54) is 17.5 Å². The molecular weight excluding hydrogens is 576 g/mol. The number of pyridine rings is 1. The van der Waals surface area contributed by atoms with Gasteiger partial charge >= 0.3 is 0 Å². The summed E-state index contributed by atoms with van der Waals surface area (Å²) in [6.07, 6.45) is 7.19. The summed E-state index contributed by atoms with van der Waals surface area (Å²) in [6.45, 7) is 7.56. The summed E-state index contributed by atoms with van der Waals surface area (Å²) in [5.41, 5.74) is 5.24. The molecule has 3 aromatic rings. The molecule has 46 heavy (non-hydrogen) atoms. The van der Waals surface area contributed by atoms with Crippen molar-refractivity contribution in [3.63, 3.8) is 0 Å². The van der Waals surface area contributed by atoms with Crippen LogP contribution in [0.1, 0.15) is 79.9 Å². The van der Waals surface area contributed by atoms with E-state index in [1.54, 1.807) is 18.1 Å². The Morgan fingerprint density at radius 1 is 1.04 bits per heavy atom. The van der Waals surface area contributed by atoms with Crippen LogP contribution in [0.15, 0.2) is 48.5 Å². The number of anilines is 1. The van der Waals surface area contributed by atoms with E-state index in [0.29, 0.717) is 43.1 Å². The van der Waals surface area contributed by atoms with Crippen LogP contribution in [-0.4, -0.2) is 84.2 Å². The Hall–Kier alpha value is -3.65. The van der Waals surface area contributed by atoms with E-state index in [4.69, 9.17) is 4.74 Å². The number of piperazine rings is 1. The number of aryl methyl sites for hydroxylation is 1. The van der Waals surface area contributed by atoms with E-state index < -0.39 is 0 Å². The molecule has 1 saturated heterocycles. The van der Waals surface area contributed by atoms with Gasteiger partial charge in [0.15, 0.2) is 0 Å². The lowest BCUT2D eigenvalue weighted by Crippen LogP contribution is -2.52. The van der Waals surface area contributed by atoms with Gasteiger partial charge in [0.25, 0.3) is 5.91 Å². The predicted octanol–water partition coefficient (Wildman–Crippen LogP) is 5.66. The lowest BCUT2D eigenvalue weighted by molar-refractivity contribution is -0.132. The maximum atomic E-state index is 13.5. The van der Waals surface area contributed by atoms with Crippen molar-refractivity contribution >= 4 is 28.4 Å². The number of hydrogen-bond donors (Lipinski definition) is 1. The molecule has 3 aliphatic carbocycles. The topological polar surface area (TPSA) is 86.2 Å². The van der Waals surface area contributed by atoms with Crippen LogP contribution in [0.4, 0.5) is 5.69 Å². The Morgan fingerprint density at radius 2 is 1.85 bits per heavy atom. The predicted molar refractivity (Wildman–Crippen MR) is 180 cm³/mol. The maximum Gasteiger partial charge on any atom is 0.272 e. The highest BCUT2D eigenvalue weighted by atomic mass is 16.5. The molecule has 7 rings (SSSR count). The molecular formula is C38H48N4O4. The number of carbonyl (C=O) groups is 2. The zero-order valence-corrected chi connectivity index (χ0v) is 27.6. The van der Waals surface area contributed by atoms with Crippen molar-refractivity contribution in [3.8, 4) is 5.75 Å². The van der Waals surface area contributed by atoms with Gasteiger partial charge in [0.05, 0.1) is 24.4 Å². The second kappa shape index (κ2) is 12.5. The lowest BCUT2D eigenvalue weighted by Gasteiger charge is -2.50. The largest absolute Gasteiger partial charge is 0.495 e. The lowest BCUT2D eigenvalue weighted by atomic mass is 9.55. The molecule has 5 atom stereocenters. The van der Waals surface area contributed by atoms with Crippen LogP contribution in [0.25, 0.3) is 10.9 Å². The van der Waals surface area contributed by atoms with Crippen LogP contribution in [-0.2, 0) is 11.2 Å². The van der Waals surface area contributed by atoms with Gasteiger partial charge in [-0.3, -0.25) is 9.59 Å². The SMILES string of the molecule is CCCN(CC(=O)N1CCN(c2cc3c(cc2OC)CCC2C3CCC3(C)C(O)CCC23)CC1)C(=O)c1ccc2ccccc2n1. The minimum Gasteiger partial charge on any atom is -0.495 e. The molecule has 0 radical (unpaired) electrons. The fourth-order valence-electron chi connectivity index (χ4n) is 9.30. The normalized spacial score (nSPS) is 27.1. The number of rotatable bonds is 7. The van der Waals surface area contributed by atoms with Crippen LogP contribution >= 0.6 is 0 Å². The number of aliphatic hydroxyl groups excluding tert-OH is 1. The standard InChI is InChI=1S/C38H48N4O4/c1-4-17-42(37(45)32-13-10-25-7-5-6-8-31(25)39-32)24-36(44)41-20-18-40(19-21-41)33-23-29-26(22-34(33)46-3)9-11-28-27(29)15-16-38(2)30(28)12-14-35(38)43/h5-8,10,13,22-23,27-28,30,35,43H,4,9,11-12,14-21,24H2,1-3H3. The van der Waals surface area contributed by atoms with Crippen molar-refractivity contribution in [1.29, 1.82) is 0 Å². The molecule has 1 aromatic heterocycles. The zero-order chi connectivity index (χ0) is 32.0. The van der Waals surface area contributed by atoms with E-state index in [0.717, 1.165) is 74.0 Å². The van der Waals surface area contributed by atoms with E-state index in [-0.39, 0.29) is 29.9 Å². The minimum atomic E-state index is -0.202. The molecule has 8 heteroatoms. The molecule has 8 nitrogen and oxygen atoms in total. The van der Waals surface area contributed by atoms with E-state index in [1.807, 2.05) is 42.2 Å². The Balaban J connectivity index is 1.03. The zero-order valence-electron chi connectivity index (χ0n) is 27.6. The second-order valence-electron chi connectivity index (χ2n) is 14.3. The third-order valence-corrected chi connectivity index (χ3v) is 11.9. The Labute approximate surface area is 272 Å². The number of fused-ring (bicyclic) bond motifs is 6. The quantitative estimate of drug-likeness (QED) is 0.365. The number of aliphatic hydroxyl groups is 1. The van der Waals surface area contributed by atoms with Crippen LogP contribution < -0.4 is 9.64 Å². The summed E-state index contributed by atoms with van der Waals surface area (Å²) in [5, 5.41) is 11.8. The first kappa shape index (κ1) is 31.0. The Morgan fingerprint density at radius 3 is 2.63 bits per heavy atom. The number of para-hydroxylation sites is 1. The van der Waals surface area contributed by atoms with Gasteiger partial charge in [-0.25, -0.2) is 4.98 Å². The smallest absolute Gasteiger partial charge is 0.272 e. The summed E-state index contributed by atoms with van der Waals surface area (Å²) in [5.74, 6) is 2.47. The van der Waals surface area contributed by atoms with Crippen LogP contribution in [0.5, 0.6) is 5.75 Å². The molecule has 2 amide bonds. The first-order valence-corrected chi connectivity index (χ1v) is 17.4. The number of hydrogen-bond acceptors (Lipinski definition) is 6. The summed E-state index contributed by atoms with van der Waals surface area (Å²) in [7, 11) is 1.76. The monoisotopic (exact) mass is 624 g/mol. The number of ether oxygens (including phenoxy) is 1. The molecule has 1 aliphatic heterocycles. The highest BCUT2D eigenvalue weighted by Gasteiger charge is 2.54. The van der Waals surface area contributed by atoms with Gasteiger partial charge in [-0.1, -0.05) is 38.1 Å². The average Bonchev–Trinajstić information content (AvgIpc) is 3.40. The number of carbonyl (C=O) groups excluding carboxylic acids is 2. The molecule has 1 N–H and O–H groups in total. The number of nitrogens with zero attached hydrogens (tertiary/aromatic N) is 4. The fourth-order valence-corrected chi connectivity index (χ4v) is 9.30. The average molecular weight is 625 g/mol. The Kier molecular flexibility index (Phi) is 8.43. The van der Waals surface area contributed by atoms with E-state index >= 15 is 0 Å². The molecule has 2 saturated carbocycles. The maximum absolute atomic E-state index is 13.5. The van der Waals surface area contributed by atoms with Crippen molar-refractivity contribution in [3.05, 3.63) is 65.4 Å². The highest BCUT2D eigenvalue weighted by Crippen LogP contribution is 2.61. The van der Waals surface area contributed by atoms with Crippen LogP contribution in [0.3, 0.4) is 0 Å². The molecule has 0 spiro atoms. The third-order valence-electron chi connectivity index (χ3n) is 11.9. The molecule has 3 fully saturated rings. The van der Waals surface area contributed by atoms with Gasteiger partial charge in [-0.2, -0.15) is 0 Å². The number of benzene rings is 2. The number of methoxy groups -OCH3 is 1. The number of aromatic nitrogens is 1. The van der Waals surface area contributed by atoms with Crippen molar-refractivity contribution in [2.24, 2.45) is 17.3 Å². The molecule has 4 aliphatic rings. The van der Waals surface area contributed by atoms with Gasteiger partial charge in [-0.15, -0.1) is 0 Å². The summed E-state index contributed by atoms with van der Waals surface area (Å²) in [6, 6.07) is 16.1. The van der Waals surface area contributed by atoms with Gasteiger partial charge < -0.3 is 24.5 Å². The third kappa shape index (κ3) is 5.42. The van der Waals surface area contributed by atoms with Crippen molar-refractivity contribution < 1.29 is 19.4 Å². The van der Waals surface area contributed by atoms with Crippen LogP contribution in [0, 0.1) is 17.3 Å². The van der Waals surface area contributed by atoms with Gasteiger partial charge in [0.2, 0.25) is 5.91 Å².